The van der Waals surface area contributed by atoms with Gasteiger partial charge in [0, 0.05) is 24.0 Å². The van der Waals surface area contributed by atoms with Gasteiger partial charge in [-0.1, -0.05) is 36.4 Å². The second-order valence-corrected chi connectivity index (χ2v) is 6.93. The molecular weight excluding hydrogens is 367 g/mol. The van der Waals surface area contributed by atoms with Crippen LogP contribution in [0, 0.1) is 5.82 Å². The molecule has 0 aliphatic carbocycles. The van der Waals surface area contributed by atoms with Crippen molar-refractivity contribution < 1.29 is 9.18 Å². The van der Waals surface area contributed by atoms with Gasteiger partial charge in [0.15, 0.2) is 0 Å². The number of anilines is 1. The number of pyridine rings is 1. The van der Waals surface area contributed by atoms with Gasteiger partial charge in [-0.15, -0.1) is 0 Å². The number of nitrogens with one attached hydrogen (secondary N) is 1. The fourth-order valence-electron chi connectivity index (χ4n) is 3.32. The lowest BCUT2D eigenvalue weighted by Crippen LogP contribution is -2.30. The maximum Gasteiger partial charge on any atom is 0.238 e. The molecule has 0 radical (unpaired) electrons. The summed E-state index contributed by atoms with van der Waals surface area (Å²) in [5.74, 6) is -0.490. The van der Waals surface area contributed by atoms with E-state index in [9.17, 15) is 9.18 Å². The molecule has 4 aromatic rings. The predicted octanol–water partition coefficient (Wildman–Crippen LogP) is 4.21. The highest BCUT2D eigenvalue weighted by Crippen LogP contribution is 2.25. The Morgan fingerprint density at radius 1 is 1.03 bits per heavy atom. The summed E-state index contributed by atoms with van der Waals surface area (Å²) >= 11 is 0. The number of nitrogens with zero attached hydrogens (tertiary/aromatic N) is 3. The molecule has 0 aliphatic rings. The van der Waals surface area contributed by atoms with E-state index in [1.54, 1.807) is 12.1 Å². The molecule has 6 heteroatoms. The van der Waals surface area contributed by atoms with Crippen LogP contribution in [0.2, 0.25) is 0 Å². The lowest BCUT2D eigenvalue weighted by Gasteiger charge is -2.17. The van der Waals surface area contributed by atoms with E-state index in [4.69, 9.17) is 4.98 Å². The Labute approximate surface area is 168 Å². The van der Waals surface area contributed by atoms with Crippen molar-refractivity contribution in [2.75, 3.05) is 18.9 Å². The van der Waals surface area contributed by atoms with Crippen LogP contribution in [0.5, 0.6) is 0 Å². The number of amides is 1. The van der Waals surface area contributed by atoms with Crippen LogP contribution in [0.1, 0.15) is 5.69 Å². The molecular formula is C23H21FN4O. The molecule has 2 aromatic carbocycles. The standard InChI is InChI=1S/C23H21FN4O/c1-27(16-22(29)25-19-12-10-18(24)11-13-19)15-20-23(17-7-3-2-4-8-17)26-21-9-5-6-14-28(20)21/h2-14H,15-16H2,1H3,(H,25,29). The van der Waals surface area contributed by atoms with Gasteiger partial charge in [0.05, 0.1) is 17.9 Å². The first-order chi connectivity index (χ1) is 14.1. The molecule has 2 heterocycles. The van der Waals surface area contributed by atoms with Gasteiger partial charge in [0.1, 0.15) is 11.5 Å². The van der Waals surface area contributed by atoms with Crippen LogP contribution < -0.4 is 5.32 Å². The zero-order valence-electron chi connectivity index (χ0n) is 16.0. The number of carbonyl (C=O) groups is 1. The molecule has 1 N–H and O–H groups in total. The van der Waals surface area contributed by atoms with E-state index in [1.165, 1.54) is 12.1 Å². The molecule has 0 atom stereocenters. The third kappa shape index (κ3) is 4.33. The number of carbonyl (C=O) groups excluding carboxylic acids is 1. The largest absolute Gasteiger partial charge is 0.325 e. The normalized spacial score (nSPS) is 11.1. The van der Waals surface area contributed by atoms with E-state index in [2.05, 4.69) is 9.72 Å². The van der Waals surface area contributed by atoms with Gasteiger partial charge in [-0.05, 0) is 43.4 Å². The molecule has 0 saturated carbocycles. The number of halogens is 1. The average Bonchev–Trinajstić information content (AvgIpc) is 3.09. The maximum atomic E-state index is 13.0. The van der Waals surface area contributed by atoms with Crippen LogP contribution in [-0.2, 0) is 11.3 Å². The zero-order valence-corrected chi connectivity index (χ0v) is 16.0. The molecule has 29 heavy (non-hydrogen) atoms. The number of hydrogen-bond acceptors (Lipinski definition) is 3. The van der Waals surface area contributed by atoms with E-state index in [-0.39, 0.29) is 18.3 Å². The first-order valence-corrected chi connectivity index (χ1v) is 9.35. The quantitative estimate of drug-likeness (QED) is 0.538. The number of likely N-dealkylation sites (N-methyl/N-ethyl adjacent to an activating group) is 1. The molecule has 4 rings (SSSR count). The molecule has 0 bridgehead atoms. The fourth-order valence-corrected chi connectivity index (χ4v) is 3.32. The maximum absolute atomic E-state index is 13.0. The summed E-state index contributed by atoms with van der Waals surface area (Å²) in [4.78, 5) is 19.1. The Kier molecular flexibility index (Phi) is 5.35. The fraction of sp³-hybridized carbons (Fsp3) is 0.130. The minimum absolute atomic E-state index is 0.158. The third-order valence-electron chi connectivity index (χ3n) is 4.64. The Morgan fingerprint density at radius 3 is 2.52 bits per heavy atom. The molecule has 5 nitrogen and oxygen atoms in total. The minimum Gasteiger partial charge on any atom is -0.325 e. The number of benzene rings is 2. The number of aromatic nitrogens is 2. The molecule has 1 amide bonds. The highest BCUT2D eigenvalue weighted by molar-refractivity contribution is 5.92. The van der Waals surface area contributed by atoms with Crippen molar-refractivity contribution in [2.45, 2.75) is 6.54 Å². The van der Waals surface area contributed by atoms with Crippen molar-refractivity contribution >= 4 is 17.2 Å². The van der Waals surface area contributed by atoms with Gasteiger partial charge >= 0.3 is 0 Å². The number of hydrogen-bond donors (Lipinski definition) is 1. The Bertz CT molecular complexity index is 1120. The summed E-state index contributed by atoms with van der Waals surface area (Å²) in [6.45, 7) is 0.748. The third-order valence-corrected chi connectivity index (χ3v) is 4.64. The monoisotopic (exact) mass is 388 g/mol. The highest BCUT2D eigenvalue weighted by atomic mass is 19.1. The van der Waals surface area contributed by atoms with Gasteiger partial charge in [0.2, 0.25) is 5.91 Å². The van der Waals surface area contributed by atoms with Crippen LogP contribution in [0.3, 0.4) is 0 Å². The molecule has 146 valence electrons. The summed E-state index contributed by atoms with van der Waals surface area (Å²) in [5, 5.41) is 2.79. The van der Waals surface area contributed by atoms with E-state index in [0.717, 1.165) is 22.6 Å². The molecule has 0 spiro atoms. The summed E-state index contributed by atoms with van der Waals surface area (Å²) in [7, 11) is 1.89. The van der Waals surface area contributed by atoms with Gasteiger partial charge in [-0.2, -0.15) is 0 Å². The van der Waals surface area contributed by atoms with Crippen molar-refractivity contribution in [1.29, 1.82) is 0 Å². The van der Waals surface area contributed by atoms with Crippen molar-refractivity contribution in [3.05, 3.63) is 90.5 Å². The van der Waals surface area contributed by atoms with E-state index in [1.807, 2.05) is 66.7 Å². The molecule has 0 unspecified atom stereocenters. The number of rotatable bonds is 6. The van der Waals surface area contributed by atoms with Gasteiger partial charge < -0.3 is 9.72 Å². The summed E-state index contributed by atoms with van der Waals surface area (Å²) < 4.78 is 15.1. The van der Waals surface area contributed by atoms with E-state index >= 15 is 0 Å². The second-order valence-electron chi connectivity index (χ2n) is 6.93. The van der Waals surface area contributed by atoms with E-state index < -0.39 is 0 Å². The van der Waals surface area contributed by atoms with Gasteiger partial charge in [0.25, 0.3) is 0 Å². The summed E-state index contributed by atoms with van der Waals surface area (Å²) in [6, 6.07) is 21.7. The Balaban J connectivity index is 1.53. The van der Waals surface area contributed by atoms with E-state index in [0.29, 0.717) is 12.2 Å². The Morgan fingerprint density at radius 2 is 1.76 bits per heavy atom. The highest BCUT2D eigenvalue weighted by Gasteiger charge is 2.16. The SMILES string of the molecule is CN(CC(=O)Nc1ccc(F)cc1)Cc1c(-c2ccccc2)nc2ccccn12. The van der Waals surface area contributed by atoms with Crippen molar-refractivity contribution in [3.8, 4) is 11.3 Å². The predicted molar refractivity (Wildman–Crippen MR) is 112 cm³/mol. The topological polar surface area (TPSA) is 49.6 Å². The lowest BCUT2D eigenvalue weighted by molar-refractivity contribution is -0.117. The number of fused-ring (bicyclic) bond motifs is 1. The minimum atomic E-state index is -0.332. The summed E-state index contributed by atoms with van der Waals surface area (Å²) in [6.07, 6.45) is 1.98. The lowest BCUT2D eigenvalue weighted by atomic mass is 10.1. The Hall–Kier alpha value is -3.51. The average molecular weight is 388 g/mol. The van der Waals surface area contributed by atoms with Crippen molar-refractivity contribution in [1.82, 2.24) is 14.3 Å². The van der Waals surface area contributed by atoms with Gasteiger partial charge in [-0.25, -0.2) is 9.37 Å². The van der Waals surface area contributed by atoms with Crippen LogP contribution >= 0.6 is 0 Å². The molecule has 0 aliphatic heterocycles. The van der Waals surface area contributed by atoms with Crippen LogP contribution in [0.4, 0.5) is 10.1 Å². The first kappa shape index (κ1) is 18.8. The van der Waals surface area contributed by atoms with Crippen LogP contribution in [-0.4, -0.2) is 33.8 Å². The zero-order chi connectivity index (χ0) is 20.2. The van der Waals surface area contributed by atoms with Gasteiger partial charge in [-0.3, -0.25) is 9.69 Å². The van der Waals surface area contributed by atoms with Crippen LogP contribution in [0.25, 0.3) is 16.9 Å². The summed E-state index contributed by atoms with van der Waals surface area (Å²) in [5.41, 5.74) is 4.40. The molecule has 2 aromatic heterocycles. The van der Waals surface area contributed by atoms with Crippen molar-refractivity contribution in [2.24, 2.45) is 0 Å². The van der Waals surface area contributed by atoms with Crippen molar-refractivity contribution in [3.63, 3.8) is 0 Å². The first-order valence-electron chi connectivity index (χ1n) is 9.35. The number of imidazole rings is 1. The molecule has 0 saturated heterocycles. The smallest absolute Gasteiger partial charge is 0.238 e. The van der Waals surface area contributed by atoms with Crippen LogP contribution in [0.15, 0.2) is 79.0 Å². The molecule has 0 fully saturated rings. The second kappa shape index (κ2) is 8.24.